The number of rotatable bonds is 7. The van der Waals surface area contributed by atoms with Gasteiger partial charge < -0.3 is 25.0 Å². The van der Waals surface area contributed by atoms with Crippen LogP contribution in [0.2, 0.25) is 0 Å². The Morgan fingerprint density at radius 3 is 2.13 bits per heavy atom. The van der Waals surface area contributed by atoms with Gasteiger partial charge in [-0.2, -0.15) is 0 Å². The van der Waals surface area contributed by atoms with Crippen molar-refractivity contribution >= 4 is 5.97 Å². The van der Waals surface area contributed by atoms with Crippen molar-refractivity contribution in [2.24, 2.45) is 0 Å². The fourth-order valence-electron chi connectivity index (χ4n) is 1.08. The second kappa shape index (κ2) is 5.41. The minimum atomic E-state index is -1.55. The van der Waals surface area contributed by atoms with Crippen molar-refractivity contribution in [2.45, 2.75) is 12.0 Å². The first kappa shape index (κ1) is 12.4. The molecule has 0 amide bonds. The van der Waals surface area contributed by atoms with E-state index in [9.17, 15) is 4.79 Å². The van der Waals surface area contributed by atoms with Crippen LogP contribution < -0.4 is 0 Å². The van der Waals surface area contributed by atoms with E-state index in [-0.39, 0.29) is 6.42 Å². The highest BCUT2D eigenvalue weighted by atomic mass is 16.6. The summed E-state index contributed by atoms with van der Waals surface area (Å²) in [5, 5.41) is 26.7. The molecule has 88 valence electrons. The number of ether oxygens (including phenoxy) is 1. The maximum absolute atomic E-state index is 11.3. The van der Waals surface area contributed by atoms with Crippen molar-refractivity contribution in [2.75, 3.05) is 39.5 Å². The number of hydrogen-bond donors (Lipinski definition) is 3. The van der Waals surface area contributed by atoms with Crippen LogP contribution in [0.5, 0.6) is 0 Å². The number of esters is 1. The molecule has 0 aromatic rings. The van der Waals surface area contributed by atoms with E-state index >= 15 is 0 Å². The Hall–Kier alpha value is -0.690. The third kappa shape index (κ3) is 3.75. The summed E-state index contributed by atoms with van der Waals surface area (Å²) in [6, 6.07) is 0. The number of nitrogens with zero attached hydrogens (tertiary/aromatic N) is 1. The van der Waals surface area contributed by atoms with Gasteiger partial charge in [-0.3, -0.25) is 4.79 Å². The van der Waals surface area contributed by atoms with Crippen molar-refractivity contribution in [1.82, 2.24) is 4.90 Å². The van der Waals surface area contributed by atoms with Gasteiger partial charge in [0.2, 0.25) is 0 Å². The maximum Gasteiger partial charge on any atom is 0.307 e. The van der Waals surface area contributed by atoms with Crippen LogP contribution in [0, 0.1) is 0 Å². The molecule has 0 aromatic heterocycles. The Balaban J connectivity index is 2.31. The second-order valence-corrected chi connectivity index (χ2v) is 3.72. The molecule has 0 bridgehead atoms. The predicted octanol–water partition coefficient (Wildman–Crippen LogP) is -2.05. The third-order valence-corrected chi connectivity index (χ3v) is 2.37. The SMILES string of the molecule is O=C(CCN1CC1)OC(CO)(CO)CO. The normalized spacial score (nSPS) is 16.5. The molecule has 1 fully saturated rings. The van der Waals surface area contributed by atoms with E-state index in [1.165, 1.54) is 0 Å². The van der Waals surface area contributed by atoms with Gasteiger partial charge in [-0.15, -0.1) is 0 Å². The van der Waals surface area contributed by atoms with Gasteiger partial charge in [-0.25, -0.2) is 0 Å². The summed E-state index contributed by atoms with van der Waals surface area (Å²) in [7, 11) is 0. The topological polar surface area (TPSA) is 90.0 Å². The molecular formula is C9H17NO5. The lowest BCUT2D eigenvalue weighted by atomic mass is 10.1. The molecule has 3 N–H and O–H groups in total. The summed E-state index contributed by atoms with van der Waals surface area (Å²) in [4.78, 5) is 13.3. The van der Waals surface area contributed by atoms with E-state index in [4.69, 9.17) is 20.1 Å². The summed E-state index contributed by atoms with van der Waals surface area (Å²) >= 11 is 0. The number of aliphatic hydroxyl groups excluding tert-OH is 3. The van der Waals surface area contributed by atoms with Crippen LogP contribution in [-0.4, -0.2) is 71.2 Å². The number of carbonyl (C=O) groups is 1. The van der Waals surface area contributed by atoms with E-state index < -0.39 is 31.4 Å². The van der Waals surface area contributed by atoms with Crippen molar-refractivity contribution < 1.29 is 24.9 Å². The van der Waals surface area contributed by atoms with E-state index in [0.717, 1.165) is 13.1 Å². The molecule has 6 heteroatoms. The maximum atomic E-state index is 11.3. The summed E-state index contributed by atoms with van der Waals surface area (Å²) in [5.74, 6) is -0.515. The number of hydrogen-bond acceptors (Lipinski definition) is 6. The highest BCUT2D eigenvalue weighted by molar-refractivity contribution is 5.70. The van der Waals surface area contributed by atoms with Gasteiger partial charge >= 0.3 is 5.97 Å². The quantitative estimate of drug-likeness (QED) is 0.337. The van der Waals surface area contributed by atoms with Crippen LogP contribution in [0.25, 0.3) is 0 Å². The Morgan fingerprint density at radius 2 is 1.73 bits per heavy atom. The molecular weight excluding hydrogens is 202 g/mol. The molecule has 6 nitrogen and oxygen atoms in total. The molecule has 1 aliphatic rings. The lowest BCUT2D eigenvalue weighted by molar-refractivity contribution is -0.176. The molecule has 0 radical (unpaired) electrons. The molecule has 0 spiro atoms. The molecule has 15 heavy (non-hydrogen) atoms. The Morgan fingerprint density at radius 1 is 1.20 bits per heavy atom. The first-order chi connectivity index (χ1) is 7.15. The first-order valence-corrected chi connectivity index (χ1v) is 4.92. The van der Waals surface area contributed by atoms with Gasteiger partial charge in [0.15, 0.2) is 5.60 Å². The summed E-state index contributed by atoms with van der Waals surface area (Å²) < 4.78 is 4.85. The standard InChI is InChI=1S/C9H17NO5/c11-5-9(6-12,7-13)15-8(14)1-2-10-3-4-10/h11-13H,1-7H2. The molecule has 0 aromatic carbocycles. The minimum absolute atomic E-state index is 0.210. The lowest BCUT2D eigenvalue weighted by Crippen LogP contribution is -2.46. The zero-order valence-corrected chi connectivity index (χ0v) is 8.56. The fraction of sp³-hybridized carbons (Fsp3) is 0.889. The predicted molar refractivity (Wildman–Crippen MR) is 51.1 cm³/mol. The van der Waals surface area contributed by atoms with Crippen LogP contribution in [-0.2, 0) is 9.53 Å². The largest absolute Gasteiger partial charge is 0.452 e. The highest BCUT2D eigenvalue weighted by Gasteiger charge is 2.32. The third-order valence-electron chi connectivity index (χ3n) is 2.37. The van der Waals surface area contributed by atoms with Gasteiger partial charge in [0.05, 0.1) is 26.2 Å². The van der Waals surface area contributed by atoms with Gasteiger partial charge in [0, 0.05) is 19.6 Å². The number of aliphatic hydroxyl groups is 3. The number of carbonyl (C=O) groups excluding carboxylic acids is 1. The second-order valence-electron chi connectivity index (χ2n) is 3.72. The van der Waals surface area contributed by atoms with Crippen molar-refractivity contribution in [3.63, 3.8) is 0 Å². The zero-order chi connectivity index (χ0) is 11.3. The van der Waals surface area contributed by atoms with Gasteiger partial charge in [-0.1, -0.05) is 0 Å². The van der Waals surface area contributed by atoms with Crippen LogP contribution in [0.3, 0.4) is 0 Å². The van der Waals surface area contributed by atoms with Crippen LogP contribution in [0.1, 0.15) is 6.42 Å². The Kier molecular flexibility index (Phi) is 4.46. The molecule has 0 aliphatic carbocycles. The molecule has 1 heterocycles. The molecule has 1 aliphatic heterocycles. The molecule has 1 saturated heterocycles. The van der Waals surface area contributed by atoms with Crippen molar-refractivity contribution in [1.29, 1.82) is 0 Å². The molecule has 1 rings (SSSR count). The Labute approximate surface area is 88.1 Å². The van der Waals surface area contributed by atoms with Crippen LogP contribution in [0.4, 0.5) is 0 Å². The highest BCUT2D eigenvalue weighted by Crippen LogP contribution is 2.11. The van der Waals surface area contributed by atoms with Crippen LogP contribution in [0.15, 0.2) is 0 Å². The Bertz CT molecular complexity index is 204. The lowest BCUT2D eigenvalue weighted by Gasteiger charge is -2.27. The minimum Gasteiger partial charge on any atom is -0.452 e. The fourth-order valence-corrected chi connectivity index (χ4v) is 1.08. The van der Waals surface area contributed by atoms with Gasteiger partial charge in [0.1, 0.15) is 0 Å². The van der Waals surface area contributed by atoms with E-state index in [0.29, 0.717) is 6.54 Å². The summed E-state index contributed by atoms with van der Waals surface area (Å²) in [6.45, 7) is 0.856. The van der Waals surface area contributed by atoms with Gasteiger partial charge in [-0.05, 0) is 0 Å². The van der Waals surface area contributed by atoms with E-state index in [1.54, 1.807) is 0 Å². The monoisotopic (exact) mass is 219 g/mol. The summed E-state index contributed by atoms with van der Waals surface area (Å²) in [6.07, 6.45) is 0.210. The molecule has 0 atom stereocenters. The van der Waals surface area contributed by atoms with E-state index in [2.05, 4.69) is 4.90 Å². The average molecular weight is 219 g/mol. The molecule has 0 saturated carbocycles. The summed E-state index contributed by atoms with van der Waals surface area (Å²) in [5.41, 5.74) is -1.55. The zero-order valence-electron chi connectivity index (χ0n) is 8.56. The first-order valence-electron chi connectivity index (χ1n) is 4.92. The van der Waals surface area contributed by atoms with Gasteiger partial charge in [0.25, 0.3) is 0 Å². The van der Waals surface area contributed by atoms with Crippen molar-refractivity contribution in [3.05, 3.63) is 0 Å². The van der Waals surface area contributed by atoms with Crippen LogP contribution >= 0.6 is 0 Å². The van der Waals surface area contributed by atoms with E-state index in [1.807, 2.05) is 0 Å². The average Bonchev–Trinajstić information content (AvgIpc) is 3.07. The van der Waals surface area contributed by atoms with Crippen molar-refractivity contribution in [3.8, 4) is 0 Å². The smallest absolute Gasteiger partial charge is 0.307 e. The molecule has 0 unspecified atom stereocenters.